The van der Waals surface area contributed by atoms with E-state index in [9.17, 15) is 4.21 Å². The number of hydrogen-bond acceptors (Lipinski definition) is 8. The highest BCUT2D eigenvalue weighted by atomic mass is 35.5. The number of halogens is 5. The van der Waals surface area contributed by atoms with Crippen molar-refractivity contribution >= 4 is 118 Å². The van der Waals surface area contributed by atoms with Gasteiger partial charge in [0.2, 0.25) is 11.2 Å². The Balaban J connectivity index is 0.000000217. The van der Waals surface area contributed by atoms with Gasteiger partial charge in [0.25, 0.3) is 0 Å². The molecule has 1 saturated carbocycles. The summed E-state index contributed by atoms with van der Waals surface area (Å²) in [5, 5.41) is 2.49. The molecule has 2 aliphatic rings. The lowest BCUT2D eigenvalue weighted by atomic mass is 9.74. The highest BCUT2D eigenvalue weighted by molar-refractivity contribution is 8.00. The Labute approximate surface area is 358 Å². The van der Waals surface area contributed by atoms with Crippen molar-refractivity contribution in [2.45, 2.75) is 83.2 Å². The fourth-order valence-corrected chi connectivity index (χ4v) is 10.8. The lowest BCUT2D eigenvalue weighted by Crippen LogP contribution is -2.51. The third kappa shape index (κ3) is 9.10. The van der Waals surface area contributed by atoms with E-state index in [-0.39, 0.29) is 18.6 Å². The van der Waals surface area contributed by atoms with Crippen molar-refractivity contribution in [3.63, 3.8) is 0 Å². The van der Waals surface area contributed by atoms with Crippen LogP contribution in [-0.2, 0) is 11.0 Å². The number of hydrogen-bond donors (Lipinski definition) is 1. The second-order valence-electron chi connectivity index (χ2n) is 14.2. The average molecular weight is 894 g/mol. The van der Waals surface area contributed by atoms with Gasteiger partial charge in [0, 0.05) is 74.5 Å². The third-order valence-electron chi connectivity index (χ3n) is 9.75. The summed E-state index contributed by atoms with van der Waals surface area (Å²) in [7, 11) is -1.04. The first kappa shape index (κ1) is 42.4. The molecule has 1 saturated heterocycles. The maximum absolute atomic E-state index is 12.8. The van der Waals surface area contributed by atoms with Crippen LogP contribution in [0.5, 0.6) is 0 Å². The number of nitrogens with one attached hydrogen (secondary N) is 1. The van der Waals surface area contributed by atoms with Gasteiger partial charge in [-0.3, -0.25) is 8.80 Å². The molecule has 2 fully saturated rings. The third-order valence-corrected chi connectivity index (χ3v) is 15.6. The zero-order valence-corrected chi connectivity index (χ0v) is 36.4. The molecule has 9 nitrogen and oxygen atoms in total. The van der Waals surface area contributed by atoms with Gasteiger partial charge in [-0.2, -0.15) is 0 Å². The number of anilines is 1. The van der Waals surface area contributed by atoms with Gasteiger partial charge >= 0.3 is 0 Å². The predicted octanol–water partition coefficient (Wildman–Crippen LogP) is 10.8. The van der Waals surface area contributed by atoms with Crippen molar-refractivity contribution in [3.8, 4) is 0 Å². The highest BCUT2D eigenvalue weighted by Crippen LogP contribution is 2.48. The first-order chi connectivity index (χ1) is 25.8. The summed E-state index contributed by atoms with van der Waals surface area (Å²) >= 11 is 33.8. The molecule has 0 bridgehead atoms. The van der Waals surface area contributed by atoms with Gasteiger partial charge < -0.3 is 4.90 Å². The quantitative estimate of drug-likeness (QED) is 0.125. The Morgan fingerprint density at radius 1 is 0.764 bits per heavy atom. The molecule has 55 heavy (non-hydrogen) atoms. The van der Waals surface area contributed by atoms with Crippen molar-refractivity contribution in [2.24, 2.45) is 5.41 Å². The first-order valence-electron chi connectivity index (χ1n) is 17.3. The van der Waals surface area contributed by atoms with Crippen LogP contribution in [0.1, 0.15) is 52.9 Å². The molecule has 1 N–H and O–H groups in total. The van der Waals surface area contributed by atoms with E-state index in [2.05, 4.69) is 29.0 Å². The van der Waals surface area contributed by atoms with Crippen LogP contribution in [0.4, 0.5) is 5.95 Å². The van der Waals surface area contributed by atoms with E-state index < -0.39 is 11.0 Å². The van der Waals surface area contributed by atoms with Gasteiger partial charge in [0.15, 0.2) is 11.3 Å². The number of imidazole rings is 2. The summed E-state index contributed by atoms with van der Waals surface area (Å²) in [4.78, 5) is 23.7. The van der Waals surface area contributed by atoms with Crippen LogP contribution in [0.3, 0.4) is 0 Å². The number of nitrogens with zero attached hydrogens (tertiary/aromatic N) is 7. The molecule has 6 aromatic rings. The molecule has 1 aliphatic carbocycles. The average Bonchev–Trinajstić information content (AvgIpc) is 3.92. The molecule has 1 aliphatic heterocycles. The first-order valence-corrected chi connectivity index (χ1v) is 22.0. The largest absolute Gasteiger partial charge is 0.342 e. The SMILES string of the molecule is CC(C)(C)[S@@](=O)N[C@@H]1CCCC12CCN(c1ncc(Sc3cccc(Cl)c3Cl)c3nccn13)CC2.Clc1cccc(Sc2cnc(Cl)n3ccnc23)c1Cl.[B]. The molecule has 2 atom stereocenters. The van der Waals surface area contributed by atoms with Crippen molar-refractivity contribution in [1.82, 2.24) is 33.5 Å². The van der Waals surface area contributed by atoms with Gasteiger partial charge in [-0.15, -0.1) is 0 Å². The van der Waals surface area contributed by atoms with Crippen molar-refractivity contribution in [3.05, 3.63) is 99.0 Å². The summed E-state index contributed by atoms with van der Waals surface area (Å²) in [6, 6.07) is 11.4. The predicted molar refractivity (Wildman–Crippen MR) is 230 cm³/mol. The maximum atomic E-state index is 12.8. The topological polar surface area (TPSA) is 92.7 Å². The Morgan fingerprint density at radius 3 is 1.89 bits per heavy atom. The van der Waals surface area contributed by atoms with Crippen molar-refractivity contribution in [2.75, 3.05) is 18.0 Å². The Bertz CT molecular complexity index is 2330. The number of benzene rings is 2. The highest BCUT2D eigenvalue weighted by Gasteiger charge is 2.46. The molecular formula is C37H37BCl5N8OS3. The Morgan fingerprint density at radius 2 is 1.31 bits per heavy atom. The number of aromatic nitrogens is 6. The molecule has 5 heterocycles. The summed E-state index contributed by atoms with van der Waals surface area (Å²) in [5.41, 5.74) is 1.81. The maximum Gasteiger partial charge on any atom is 0.211 e. The molecule has 2 aromatic carbocycles. The molecule has 0 amide bonds. The summed E-state index contributed by atoms with van der Waals surface area (Å²) in [6.07, 6.45) is 16.4. The zero-order valence-electron chi connectivity index (χ0n) is 30.2. The Hall–Kier alpha value is -2.20. The summed E-state index contributed by atoms with van der Waals surface area (Å²) in [6.45, 7) is 7.94. The second kappa shape index (κ2) is 17.7. The minimum Gasteiger partial charge on any atom is -0.342 e. The molecule has 8 rings (SSSR count). The van der Waals surface area contributed by atoms with E-state index in [0.29, 0.717) is 31.4 Å². The van der Waals surface area contributed by atoms with E-state index in [0.717, 1.165) is 69.2 Å². The monoisotopic (exact) mass is 891 g/mol. The molecule has 0 unspecified atom stereocenters. The second-order valence-corrected chi connectivity index (χ2v) is 20.2. The van der Waals surface area contributed by atoms with Crippen LogP contribution >= 0.6 is 81.5 Å². The molecule has 18 heteroatoms. The van der Waals surface area contributed by atoms with Crippen LogP contribution in [-0.4, -0.2) is 65.2 Å². The lowest BCUT2D eigenvalue weighted by molar-refractivity contribution is 0.187. The molecule has 4 aromatic heterocycles. The normalized spacial score (nSPS) is 17.3. The molecule has 3 radical (unpaired) electrons. The van der Waals surface area contributed by atoms with E-state index in [1.165, 1.54) is 36.4 Å². The number of piperidine rings is 1. The fourth-order valence-electron chi connectivity index (χ4n) is 6.87. The smallest absolute Gasteiger partial charge is 0.211 e. The summed E-state index contributed by atoms with van der Waals surface area (Å²) in [5.74, 6) is 0.912. The van der Waals surface area contributed by atoms with Gasteiger partial charge in [0.1, 0.15) is 0 Å². The van der Waals surface area contributed by atoms with E-state index in [1.54, 1.807) is 35.1 Å². The lowest BCUT2D eigenvalue weighted by Gasteiger charge is -2.44. The molecule has 1 spiro atoms. The van der Waals surface area contributed by atoms with Crippen molar-refractivity contribution < 1.29 is 4.21 Å². The van der Waals surface area contributed by atoms with E-state index in [1.807, 2.05) is 63.6 Å². The van der Waals surface area contributed by atoms with Crippen molar-refractivity contribution in [1.29, 1.82) is 0 Å². The van der Waals surface area contributed by atoms with Gasteiger partial charge in [0.05, 0.1) is 45.6 Å². The summed E-state index contributed by atoms with van der Waals surface area (Å²) < 4.78 is 19.8. The molecule has 287 valence electrons. The zero-order chi connectivity index (χ0) is 38.2. The van der Waals surface area contributed by atoms with Crippen LogP contribution in [0.2, 0.25) is 25.4 Å². The van der Waals surface area contributed by atoms with E-state index >= 15 is 0 Å². The van der Waals surface area contributed by atoms with Crippen LogP contribution in [0.25, 0.3) is 11.3 Å². The van der Waals surface area contributed by atoms with Crippen LogP contribution < -0.4 is 9.62 Å². The fraction of sp³-hybridized carbons (Fsp3) is 0.351. The van der Waals surface area contributed by atoms with Gasteiger partial charge in [-0.25, -0.2) is 28.9 Å². The molecular weight excluding hydrogens is 857 g/mol. The minimum absolute atomic E-state index is 0. The number of fused-ring (bicyclic) bond motifs is 2. The standard InChI is InChI=1S/C25H31Cl2N5OS2.C12H6Cl3N3S.B/c1-24(2,3)35(33)30-20-8-5-9-25(20)10-13-31(14-11-25)23-29-16-19(22-28-12-15-32(22)23)34-18-7-4-6-17(26)21(18)27;13-7-2-1-3-8(10(7)14)19-9-6-17-12(15)18-5-4-16-11(9)18;/h4,6-7,12,15-16,20,30H,5,8-11,13-14H2,1-3H3;1-6H;/t20-,35-;;/m1../s1. The minimum atomic E-state index is -1.04. The Kier molecular flexibility index (Phi) is 13.7. The van der Waals surface area contributed by atoms with Gasteiger partial charge in [-0.1, -0.05) is 88.5 Å². The van der Waals surface area contributed by atoms with Crippen LogP contribution in [0, 0.1) is 5.41 Å². The number of rotatable bonds is 7. The van der Waals surface area contributed by atoms with Crippen LogP contribution in [0.15, 0.2) is 93.2 Å². The van der Waals surface area contributed by atoms with Gasteiger partial charge in [-0.05, 0) is 87.7 Å². The van der Waals surface area contributed by atoms with E-state index in [4.69, 9.17) is 63.0 Å².